The van der Waals surface area contributed by atoms with Gasteiger partial charge in [-0.15, -0.1) is 11.8 Å². The van der Waals surface area contributed by atoms with Crippen molar-refractivity contribution in [2.45, 2.75) is 24.2 Å². The third-order valence-electron chi connectivity index (χ3n) is 3.52. The van der Waals surface area contributed by atoms with Gasteiger partial charge >= 0.3 is 5.97 Å². The maximum Gasteiger partial charge on any atom is 0.305 e. The predicted octanol–water partition coefficient (Wildman–Crippen LogP) is 4.66. The molecule has 2 aromatic carbocycles. The highest BCUT2D eigenvalue weighted by molar-refractivity contribution is 7.99. The molecule has 0 aliphatic heterocycles. The number of hydrogen-bond acceptors (Lipinski definition) is 5. The van der Waals surface area contributed by atoms with Crippen molar-refractivity contribution < 1.29 is 14.3 Å². The van der Waals surface area contributed by atoms with Crippen LogP contribution in [0.4, 0.5) is 5.69 Å². The molecule has 0 saturated carbocycles. The molecule has 2 aromatic rings. The molecule has 0 unspecified atom stereocenters. The maximum atomic E-state index is 11.9. The van der Waals surface area contributed by atoms with Crippen molar-refractivity contribution in [2.75, 3.05) is 17.7 Å². The van der Waals surface area contributed by atoms with Gasteiger partial charge in [0.15, 0.2) is 0 Å². The number of benzene rings is 2. The number of anilines is 1. The van der Waals surface area contributed by atoms with Crippen LogP contribution in [0.5, 0.6) is 0 Å². The lowest BCUT2D eigenvalue weighted by atomic mass is 10.2. The van der Waals surface area contributed by atoms with E-state index in [4.69, 9.17) is 21.6 Å². The third kappa shape index (κ3) is 7.73. The van der Waals surface area contributed by atoms with Gasteiger partial charge in [0.1, 0.15) is 12.7 Å². The third-order valence-corrected chi connectivity index (χ3v) is 4.87. The van der Waals surface area contributed by atoms with Gasteiger partial charge in [0.25, 0.3) is 0 Å². The topological polar surface area (TPSA) is 79.2 Å². The Hall–Kier alpha value is -2.49. The Kier molecular flexibility index (Phi) is 8.69. The minimum Gasteiger partial charge on any atom is -0.465 e. The van der Waals surface area contributed by atoms with Gasteiger partial charge in [-0.05, 0) is 48.6 Å². The molecule has 0 saturated heterocycles. The lowest BCUT2D eigenvalue weighted by Crippen LogP contribution is -2.16. The van der Waals surface area contributed by atoms with Crippen LogP contribution >= 0.6 is 23.4 Å². The SMILES string of the molecule is N#Cc1ccccc1NC(=O)CCOC(=O)CCCSc1ccc(Cl)cc1. The van der Waals surface area contributed by atoms with E-state index in [-0.39, 0.29) is 24.9 Å². The molecule has 1 N–H and O–H groups in total. The van der Waals surface area contributed by atoms with Crippen molar-refractivity contribution in [3.05, 3.63) is 59.1 Å². The number of nitriles is 1. The Morgan fingerprint density at radius 1 is 1.11 bits per heavy atom. The molecular weight excluding hydrogens is 384 g/mol. The molecule has 0 atom stereocenters. The van der Waals surface area contributed by atoms with Crippen molar-refractivity contribution in [1.29, 1.82) is 5.26 Å². The zero-order valence-electron chi connectivity index (χ0n) is 14.6. The summed E-state index contributed by atoms with van der Waals surface area (Å²) in [6.07, 6.45) is 1.04. The molecule has 0 radical (unpaired) electrons. The monoisotopic (exact) mass is 402 g/mol. The molecule has 0 aromatic heterocycles. The molecule has 0 fully saturated rings. The number of nitrogens with one attached hydrogen (secondary N) is 1. The van der Waals surface area contributed by atoms with Crippen molar-refractivity contribution in [3.63, 3.8) is 0 Å². The molecule has 27 heavy (non-hydrogen) atoms. The first-order valence-electron chi connectivity index (χ1n) is 8.41. The zero-order valence-corrected chi connectivity index (χ0v) is 16.2. The fourth-order valence-corrected chi connectivity index (χ4v) is 3.15. The van der Waals surface area contributed by atoms with Gasteiger partial charge in [-0.1, -0.05) is 23.7 Å². The average Bonchev–Trinajstić information content (AvgIpc) is 2.67. The van der Waals surface area contributed by atoms with Crippen LogP contribution in [0.25, 0.3) is 0 Å². The Labute approximate surface area is 167 Å². The highest BCUT2D eigenvalue weighted by atomic mass is 35.5. The van der Waals surface area contributed by atoms with Crippen LogP contribution < -0.4 is 5.32 Å². The lowest BCUT2D eigenvalue weighted by molar-refractivity contribution is -0.144. The molecule has 140 valence electrons. The molecule has 7 heteroatoms. The molecule has 0 heterocycles. The molecule has 0 spiro atoms. The van der Waals surface area contributed by atoms with Crippen LogP contribution in [0.15, 0.2) is 53.4 Å². The quantitative estimate of drug-likeness (QED) is 0.375. The van der Waals surface area contributed by atoms with Gasteiger partial charge in [-0.2, -0.15) is 5.26 Å². The molecule has 0 aliphatic rings. The Morgan fingerprint density at radius 2 is 1.85 bits per heavy atom. The van der Waals surface area contributed by atoms with Gasteiger partial charge < -0.3 is 10.1 Å². The number of amides is 1. The zero-order chi connectivity index (χ0) is 19.5. The first-order valence-corrected chi connectivity index (χ1v) is 9.78. The van der Waals surface area contributed by atoms with Crippen LogP contribution in [-0.2, 0) is 14.3 Å². The van der Waals surface area contributed by atoms with Gasteiger partial charge in [0, 0.05) is 16.3 Å². The van der Waals surface area contributed by atoms with Crippen LogP contribution in [0, 0.1) is 11.3 Å². The van der Waals surface area contributed by atoms with Crippen molar-refractivity contribution in [2.24, 2.45) is 0 Å². The van der Waals surface area contributed by atoms with E-state index in [0.29, 0.717) is 29.1 Å². The number of ether oxygens (including phenoxy) is 1. The first-order chi connectivity index (χ1) is 13.1. The summed E-state index contributed by atoms with van der Waals surface area (Å²) in [5.41, 5.74) is 0.844. The van der Waals surface area contributed by atoms with E-state index >= 15 is 0 Å². The van der Waals surface area contributed by atoms with Crippen LogP contribution in [-0.4, -0.2) is 24.2 Å². The minimum atomic E-state index is -0.322. The Morgan fingerprint density at radius 3 is 2.59 bits per heavy atom. The predicted molar refractivity (Wildman–Crippen MR) is 107 cm³/mol. The van der Waals surface area contributed by atoms with E-state index in [1.54, 1.807) is 36.0 Å². The number of carbonyl (C=O) groups is 2. The Bertz CT molecular complexity index is 819. The van der Waals surface area contributed by atoms with Gasteiger partial charge in [-0.3, -0.25) is 9.59 Å². The van der Waals surface area contributed by atoms with E-state index in [2.05, 4.69) is 5.32 Å². The molecule has 0 aliphatic carbocycles. The van der Waals surface area contributed by atoms with Crippen LogP contribution in [0.1, 0.15) is 24.8 Å². The second-order valence-electron chi connectivity index (χ2n) is 5.58. The number of rotatable bonds is 9. The highest BCUT2D eigenvalue weighted by Gasteiger charge is 2.08. The second kappa shape index (κ2) is 11.3. The molecule has 0 bridgehead atoms. The lowest BCUT2D eigenvalue weighted by Gasteiger charge is -2.07. The smallest absolute Gasteiger partial charge is 0.305 e. The fourth-order valence-electron chi connectivity index (χ4n) is 2.17. The van der Waals surface area contributed by atoms with Crippen molar-refractivity contribution in [3.8, 4) is 6.07 Å². The molecular formula is C20H19ClN2O3S. The number of hydrogen-bond donors (Lipinski definition) is 1. The minimum absolute atomic E-state index is 0.0176. The van der Waals surface area contributed by atoms with Gasteiger partial charge in [-0.25, -0.2) is 0 Å². The normalized spacial score (nSPS) is 10.1. The summed E-state index contributed by atoms with van der Waals surface area (Å²) in [5, 5.41) is 12.3. The second-order valence-corrected chi connectivity index (χ2v) is 7.19. The molecule has 2 rings (SSSR count). The number of halogens is 1. The van der Waals surface area contributed by atoms with Gasteiger partial charge in [0.05, 0.1) is 17.7 Å². The largest absolute Gasteiger partial charge is 0.465 e. The first kappa shape index (κ1) is 20.8. The van der Waals surface area contributed by atoms with Crippen LogP contribution in [0.2, 0.25) is 5.02 Å². The summed E-state index contributed by atoms with van der Waals surface area (Å²) in [6, 6.07) is 16.3. The number of thioether (sulfide) groups is 1. The summed E-state index contributed by atoms with van der Waals surface area (Å²) in [4.78, 5) is 24.7. The number of carbonyl (C=O) groups excluding carboxylic acids is 2. The summed E-state index contributed by atoms with van der Waals surface area (Å²) >= 11 is 7.48. The standard InChI is InChI=1S/C20H19ClN2O3S/c21-16-7-9-17(10-8-16)27-13-3-6-20(25)26-12-11-19(24)23-18-5-2-1-4-15(18)14-22/h1-2,4-5,7-10H,3,6,11-13H2,(H,23,24). The van der Waals surface area contributed by atoms with E-state index in [9.17, 15) is 9.59 Å². The summed E-state index contributed by atoms with van der Waals surface area (Å²) < 4.78 is 5.08. The molecule has 1 amide bonds. The van der Waals surface area contributed by atoms with E-state index in [1.807, 2.05) is 30.3 Å². The Balaban J connectivity index is 1.59. The fraction of sp³-hybridized carbons (Fsp3) is 0.250. The van der Waals surface area contributed by atoms with Gasteiger partial charge in [0.2, 0.25) is 5.91 Å². The number of nitrogens with zero attached hydrogens (tertiary/aromatic N) is 1. The summed E-state index contributed by atoms with van der Waals surface area (Å²) in [6.45, 7) is 0.0176. The van der Waals surface area contributed by atoms with E-state index in [1.165, 1.54) is 0 Å². The average molecular weight is 403 g/mol. The van der Waals surface area contributed by atoms with E-state index in [0.717, 1.165) is 10.6 Å². The van der Waals surface area contributed by atoms with Crippen molar-refractivity contribution in [1.82, 2.24) is 0 Å². The number of esters is 1. The number of para-hydroxylation sites is 1. The summed E-state index contributed by atoms with van der Waals surface area (Å²) in [7, 11) is 0. The highest BCUT2D eigenvalue weighted by Crippen LogP contribution is 2.21. The van der Waals surface area contributed by atoms with Crippen LogP contribution in [0.3, 0.4) is 0 Å². The summed E-state index contributed by atoms with van der Waals surface area (Å²) in [5.74, 6) is 0.169. The molecule has 5 nitrogen and oxygen atoms in total. The maximum absolute atomic E-state index is 11.9. The van der Waals surface area contributed by atoms with Crippen molar-refractivity contribution >= 4 is 40.9 Å². The van der Waals surface area contributed by atoms with E-state index < -0.39 is 0 Å².